The molecule has 5 nitrogen and oxygen atoms in total. The summed E-state index contributed by atoms with van der Waals surface area (Å²) in [6, 6.07) is 7.01. The van der Waals surface area contributed by atoms with Crippen LogP contribution in [-0.4, -0.2) is 55.9 Å². The number of benzene rings is 1. The number of ether oxygens (including phenoxy) is 3. The van der Waals surface area contributed by atoms with Crippen molar-refractivity contribution in [3.8, 4) is 5.75 Å². The topological polar surface area (TPSA) is 48.0 Å². The SMILES string of the molecule is COC[C@H]1CN(C(=O)COc2cccc(Cl)c2)CC(C)(C)O1. The largest absolute Gasteiger partial charge is 0.484 e. The maximum absolute atomic E-state index is 12.4. The lowest BCUT2D eigenvalue weighted by molar-refractivity contribution is -0.170. The molecular weight excluding hydrogens is 306 g/mol. The number of nitrogens with zero attached hydrogens (tertiary/aromatic N) is 1. The minimum atomic E-state index is -0.396. The Morgan fingerprint density at radius 1 is 1.50 bits per heavy atom. The lowest BCUT2D eigenvalue weighted by Gasteiger charge is -2.42. The maximum Gasteiger partial charge on any atom is 0.260 e. The summed E-state index contributed by atoms with van der Waals surface area (Å²) in [5.74, 6) is 0.513. The van der Waals surface area contributed by atoms with Gasteiger partial charge in [-0.3, -0.25) is 4.79 Å². The lowest BCUT2D eigenvalue weighted by Crippen LogP contribution is -2.56. The van der Waals surface area contributed by atoms with Crippen LogP contribution in [0.25, 0.3) is 0 Å². The Hall–Kier alpha value is -1.30. The van der Waals surface area contributed by atoms with Crippen LogP contribution in [0.1, 0.15) is 13.8 Å². The first-order valence-corrected chi connectivity index (χ1v) is 7.60. The van der Waals surface area contributed by atoms with Gasteiger partial charge in [0.05, 0.1) is 18.3 Å². The zero-order valence-electron chi connectivity index (χ0n) is 13.2. The van der Waals surface area contributed by atoms with Gasteiger partial charge in [-0.05, 0) is 32.0 Å². The number of hydrogen-bond donors (Lipinski definition) is 0. The standard InChI is InChI=1S/C16H22ClNO4/c1-16(2)11-18(8-14(22-16)9-20-3)15(19)10-21-13-6-4-5-12(17)7-13/h4-7,14H,8-11H2,1-3H3/t14-/m1/s1. The van der Waals surface area contributed by atoms with Gasteiger partial charge in [-0.1, -0.05) is 17.7 Å². The fourth-order valence-electron chi connectivity index (χ4n) is 2.55. The van der Waals surface area contributed by atoms with E-state index in [0.717, 1.165) is 0 Å². The van der Waals surface area contributed by atoms with Gasteiger partial charge in [-0.25, -0.2) is 0 Å². The van der Waals surface area contributed by atoms with Crippen molar-refractivity contribution in [2.45, 2.75) is 25.6 Å². The quantitative estimate of drug-likeness (QED) is 0.833. The van der Waals surface area contributed by atoms with Crippen LogP contribution in [0.15, 0.2) is 24.3 Å². The van der Waals surface area contributed by atoms with E-state index in [4.69, 9.17) is 25.8 Å². The van der Waals surface area contributed by atoms with Gasteiger partial charge in [0.2, 0.25) is 0 Å². The van der Waals surface area contributed by atoms with Gasteiger partial charge in [0, 0.05) is 25.2 Å². The fraction of sp³-hybridized carbons (Fsp3) is 0.562. The molecule has 1 amide bonds. The van der Waals surface area contributed by atoms with Crippen LogP contribution in [-0.2, 0) is 14.3 Å². The van der Waals surface area contributed by atoms with Crippen LogP contribution in [0.3, 0.4) is 0 Å². The first kappa shape index (κ1) is 17.1. The van der Waals surface area contributed by atoms with E-state index in [9.17, 15) is 4.79 Å². The highest BCUT2D eigenvalue weighted by Crippen LogP contribution is 2.22. The molecule has 22 heavy (non-hydrogen) atoms. The molecule has 1 aliphatic rings. The predicted octanol–water partition coefficient (Wildman–Crippen LogP) is 2.37. The highest BCUT2D eigenvalue weighted by atomic mass is 35.5. The van der Waals surface area contributed by atoms with Crippen molar-refractivity contribution in [3.63, 3.8) is 0 Å². The maximum atomic E-state index is 12.4. The van der Waals surface area contributed by atoms with Gasteiger partial charge in [0.1, 0.15) is 5.75 Å². The molecule has 0 N–H and O–H groups in total. The average Bonchev–Trinajstić information content (AvgIpc) is 2.43. The van der Waals surface area contributed by atoms with E-state index in [-0.39, 0.29) is 18.6 Å². The Kier molecular flexibility index (Phi) is 5.67. The molecule has 1 aromatic rings. The lowest BCUT2D eigenvalue weighted by atomic mass is 10.1. The van der Waals surface area contributed by atoms with Crippen molar-refractivity contribution < 1.29 is 19.0 Å². The second kappa shape index (κ2) is 7.31. The molecule has 0 spiro atoms. The molecule has 0 unspecified atom stereocenters. The molecule has 1 atom stereocenters. The molecule has 0 aromatic heterocycles. The molecule has 0 saturated carbocycles. The second-order valence-corrected chi connectivity index (χ2v) is 6.41. The molecule has 122 valence electrons. The van der Waals surface area contributed by atoms with Crippen molar-refractivity contribution in [1.29, 1.82) is 0 Å². The third kappa shape index (κ3) is 4.87. The van der Waals surface area contributed by atoms with Gasteiger partial charge >= 0.3 is 0 Å². The van der Waals surface area contributed by atoms with Crippen molar-refractivity contribution in [1.82, 2.24) is 4.90 Å². The summed E-state index contributed by atoms with van der Waals surface area (Å²) in [5, 5.41) is 0.581. The summed E-state index contributed by atoms with van der Waals surface area (Å²) < 4.78 is 16.5. The Morgan fingerprint density at radius 3 is 2.95 bits per heavy atom. The summed E-state index contributed by atoms with van der Waals surface area (Å²) >= 11 is 5.89. The van der Waals surface area contributed by atoms with Crippen molar-refractivity contribution in [2.75, 3.05) is 33.4 Å². The van der Waals surface area contributed by atoms with E-state index >= 15 is 0 Å². The number of rotatable bonds is 5. The summed E-state index contributed by atoms with van der Waals surface area (Å²) in [6.07, 6.45) is -0.121. The molecule has 0 radical (unpaired) electrons. The normalized spacial score (nSPS) is 20.7. The van der Waals surface area contributed by atoms with Crippen molar-refractivity contribution in [2.24, 2.45) is 0 Å². The molecule has 1 aliphatic heterocycles. The molecule has 0 bridgehead atoms. The monoisotopic (exact) mass is 327 g/mol. The van der Waals surface area contributed by atoms with Gasteiger partial charge in [0.15, 0.2) is 6.61 Å². The first-order chi connectivity index (χ1) is 10.4. The minimum absolute atomic E-state index is 0.0177. The summed E-state index contributed by atoms with van der Waals surface area (Å²) in [4.78, 5) is 14.1. The number of amides is 1. The van der Waals surface area contributed by atoms with Crippen LogP contribution >= 0.6 is 11.6 Å². The third-order valence-electron chi connectivity index (χ3n) is 3.35. The van der Waals surface area contributed by atoms with Crippen LogP contribution in [0, 0.1) is 0 Å². The molecule has 0 aliphatic carbocycles. The third-order valence-corrected chi connectivity index (χ3v) is 3.58. The van der Waals surface area contributed by atoms with Gasteiger partial charge < -0.3 is 19.1 Å². The zero-order valence-corrected chi connectivity index (χ0v) is 13.9. The Bertz CT molecular complexity index is 521. The Morgan fingerprint density at radius 2 is 2.27 bits per heavy atom. The van der Waals surface area contributed by atoms with E-state index in [1.165, 1.54) is 0 Å². The molecule has 2 rings (SSSR count). The van der Waals surface area contributed by atoms with Gasteiger partial charge in [-0.15, -0.1) is 0 Å². The second-order valence-electron chi connectivity index (χ2n) is 5.98. The number of carbonyl (C=O) groups excluding carboxylic acids is 1. The van der Waals surface area contributed by atoms with Crippen molar-refractivity contribution in [3.05, 3.63) is 29.3 Å². The zero-order chi connectivity index (χ0) is 16.2. The Balaban J connectivity index is 1.93. The van der Waals surface area contributed by atoms with Crippen LogP contribution < -0.4 is 4.74 Å². The smallest absolute Gasteiger partial charge is 0.260 e. The first-order valence-electron chi connectivity index (χ1n) is 7.22. The van der Waals surface area contributed by atoms with Crippen LogP contribution in [0.4, 0.5) is 0 Å². The van der Waals surface area contributed by atoms with Crippen LogP contribution in [0.2, 0.25) is 5.02 Å². The van der Waals surface area contributed by atoms with Crippen LogP contribution in [0.5, 0.6) is 5.75 Å². The van der Waals surface area contributed by atoms with E-state index in [2.05, 4.69) is 0 Å². The Labute approximate surface area is 136 Å². The fourth-order valence-corrected chi connectivity index (χ4v) is 2.73. The van der Waals surface area contributed by atoms with Gasteiger partial charge in [-0.2, -0.15) is 0 Å². The summed E-state index contributed by atoms with van der Waals surface area (Å²) in [5.41, 5.74) is -0.396. The summed E-state index contributed by atoms with van der Waals surface area (Å²) in [7, 11) is 1.62. The van der Waals surface area contributed by atoms with E-state index in [1.54, 1.807) is 36.3 Å². The average molecular weight is 328 g/mol. The van der Waals surface area contributed by atoms with E-state index < -0.39 is 5.60 Å². The molecule has 1 heterocycles. The number of methoxy groups -OCH3 is 1. The number of morpholine rings is 1. The number of hydrogen-bond acceptors (Lipinski definition) is 4. The highest BCUT2D eigenvalue weighted by molar-refractivity contribution is 6.30. The van der Waals surface area contributed by atoms with E-state index in [1.807, 2.05) is 13.8 Å². The molecule has 1 saturated heterocycles. The number of halogens is 1. The molecule has 6 heteroatoms. The van der Waals surface area contributed by atoms with E-state index in [0.29, 0.717) is 30.5 Å². The molecule has 1 fully saturated rings. The minimum Gasteiger partial charge on any atom is -0.484 e. The van der Waals surface area contributed by atoms with Gasteiger partial charge in [0.25, 0.3) is 5.91 Å². The predicted molar refractivity (Wildman–Crippen MR) is 84.4 cm³/mol. The molecular formula is C16H22ClNO4. The van der Waals surface area contributed by atoms with Crippen molar-refractivity contribution >= 4 is 17.5 Å². The molecule has 1 aromatic carbocycles. The highest BCUT2D eigenvalue weighted by Gasteiger charge is 2.35. The summed E-state index contributed by atoms with van der Waals surface area (Å²) in [6.45, 7) is 5.41. The number of carbonyl (C=O) groups is 1.